The number of hydrogen-bond donors (Lipinski definition) is 3. The number of nitrogens with one attached hydrogen (secondary N) is 2. The molecule has 1 amide bonds. The second-order valence-electron chi connectivity index (χ2n) is 6.35. The molecular formula is C21H20N2O4S. The average molecular weight is 396 g/mol. The summed E-state index contributed by atoms with van der Waals surface area (Å²) in [6, 6.07) is 16.1. The summed E-state index contributed by atoms with van der Waals surface area (Å²) < 4.78 is 0. The third kappa shape index (κ3) is 5.23. The smallest absolute Gasteiger partial charge is 0.313 e. The maximum Gasteiger partial charge on any atom is 0.313 e. The van der Waals surface area contributed by atoms with E-state index in [1.54, 1.807) is 0 Å². The lowest BCUT2D eigenvalue weighted by molar-refractivity contribution is -0.134. The number of carboxylic acids is 1. The van der Waals surface area contributed by atoms with Crippen LogP contribution in [0.1, 0.15) is 11.1 Å². The van der Waals surface area contributed by atoms with E-state index in [0.717, 1.165) is 22.0 Å². The molecule has 7 heteroatoms. The highest BCUT2D eigenvalue weighted by Crippen LogP contribution is 2.21. The van der Waals surface area contributed by atoms with Gasteiger partial charge in [0.2, 0.25) is 11.0 Å². The number of carbonyl (C=O) groups excluding carboxylic acids is 2. The summed E-state index contributed by atoms with van der Waals surface area (Å²) in [5.74, 6) is -1.68. The molecule has 1 aromatic heterocycles. The largest absolute Gasteiger partial charge is 0.481 e. The topological polar surface area (TPSA) is 99.3 Å². The van der Waals surface area contributed by atoms with E-state index >= 15 is 0 Å². The lowest BCUT2D eigenvalue weighted by atomic mass is 10.0. The fraction of sp³-hybridized carbons (Fsp3) is 0.190. The van der Waals surface area contributed by atoms with Gasteiger partial charge in [0.25, 0.3) is 0 Å². The van der Waals surface area contributed by atoms with Crippen molar-refractivity contribution in [2.45, 2.75) is 18.9 Å². The highest BCUT2D eigenvalue weighted by molar-refractivity contribution is 8.14. The van der Waals surface area contributed by atoms with E-state index in [9.17, 15) is 14.4 Å². The number of carbonyl (C=O) groups is 3. The standard InChI is InChI=1S/C21H20N2O4S/c24-19(10-14-6-2-1-3-7-14)23-18(21(27)28-13-20(25)26)11-15-12-22-17-9-5-4-8-16(15)17/h1-9,12,18,22H,10-11,13H2,(H,23,24)(H,25,26)/t18-/m0/s1. The number of benzene rings is 2. The zero-order chi connectivity index (χ0) is 19.9. The molecule has 3 N–H and O–H groups in total. The molecule has 0 aliphatic rings. The second-order valence-corrected chi connectivity index (χ2v) is 7.33. The highest BCUT2D eigenvalue weighted by Gasteiger charge is 2.23. The van der Waals surface area contributed by atoms with Crippen LogP contribution in [-0.4, -0.2) is 38.9 Å². The van der Waals surface area contributed by atoms with E-state index in [1.165, 1.54) is 0 Å². The molecule has 0 spiro atoms. The minimum Gasteiger partial charge on any atom is -0.481 e. The van der Waals surface area contributed by atoms with Gasteiger partial charge in [0.1, 0.15) is 6.04 Å². The molecule has 2 aromatic carbocycles. The number of H-pyrrole nitrogens is 1. The van der Waals surface area contributed by atoms with Gasteiger partial charge in [-0.15, -0.1) is 0 Å². The Labute approximate surface area is 166 Å². The second kappa shape index (κ2) is 9.23. The summed E-state index contributed by atoms with van der Waals surface area (Å²) in [5, 5.41) is 12.2. The summed E-state index contributed by atoms with van der Waals surface area (Å²) in [7, 11) is 0. The van der Waals surface area contributed by atoms with E-state index in [0.29, 0.717) is 11.8 Å². The van der Waals surface area contributed by atoms with Crippen LogP contribution in [0.5, 0.6) is 0 Å². The Balaban J connectivity index is 1.75. The number of aromatic amines is 1. The fourth-order valence-electron chi connectivity index (χ4n) is 2.97. The van der Waals surface area contributed by atoms with Crippen molar-refractivity contribution < 1.29 is 19.5 Å². The number of hydrogen-bond acceptors (Lipinski definition) is 4. The molecule has 3 rings (SSSR count). The minimum absolute atomic E-state index is 0.155. The van der Waals surface area contributed by atoms with Crippen LogP contribution in [0.2, 0.25) is 0 Å². The third-order valence-corrected chi connectivity index (χ3v) is 5.22. The Hall–Kier alpha value is -3.06. The van der Waals surface area contributed by atoms with Gasteiger partial charge in [0.05, 0.1) is 12.2 Å². The molecular weight excluding hydrogens is 376 g/mol. The van der Waals surface area contributed by atoms with Gasteiger partial charge in [-0.25, -0.2) is 0 Å². The summed E-state index contributed by atoms with van der Waals surface area (Å²) in [6.45, 7) is 0. The van der Waals surface area contributed by atoms with E-state index < -0.39 is 12.0 Å². The molecule has 0 unspecified atom stereocenters. The average Bonchev–Trinajstić information content (AvgIpc) is 3.09. The SMILES string of the molecule is O=C(O)CSC(=O)[C@H](Cc1c[nH]c2ccccc12)NC(=O)Cc1ccccc1. The maximum absolute atomic E-state index is 12.6. The summed E-state index contributed by atoms with van der Waals surface area (Å²) >= 11 is 0.705. The quantitative estimate of drug-likeness (QED) is 0.544. The first kappa shape index (κ1) is 19.7. The van der Waals surface area contributed by atoms with Crippen molar-refractivity contribution in [3.63, 3.8) is 0 Å². The number of fused-ring (bicyclic) bond motifs is 1. The number of amides is 1. The summed E-state index contributed by atoms with van der Waals surface area (Å²) in [4.78, 5) is 39.0. The van der Waals surface area contributed by atoms with Crippen LogP contribution in [0.3, 0.4) is 0 Å². The molecule has 0 aliphatic heterocycles. The Morgan fingerprint density at radius 1 is 1.04 bits per heavy atom. The summed E-state index contributed by atoms with van der Waals surface area (Å²) in [6.07, 6.45) is 2.26. The van der Waals surface area contributed by atoms with Crippen LogP contribution >= 0.6 is 11.8 Å². The van der Waals surface area contributed by atoms with Crippen molar-refractivity contribution in [1.82, 2.24) is 10.3 Å². The Morgan fingerprint density at radius 3 is 2.50 bits per heavy atom. The van der Waals surface area contributed by atoms with Crippen LogP contribution in [0.25, 0.3) is 10.9 Å². The Bertz CT molecular complexity index is 984. The van der Waals surface area contributed by atoms with Crippen LogP contribution < -0.4 is 5.32 Å². The van der Waals surface area contributed by atoms with E-state index in [2.05, 4.69) is 10.3 Å². The summed E-state index contributed by atoms with van der Waals surface area (Å²) in [5.41, 5.74) is 2.68. The Morgan fingerprint density at radius 2 is 1.75 bits per heavy atom. The van der Waals surface area contributed by atoms with Crippen LogP contribution in [0.15, 0.2) is 60.8 Å². The van der Waals surface area contributed by atoms with E-state index in [1.807, 2.05) is 60.8 Å². The van der Waals surface area contributed by atoms with E-state index in [-0.39, 0.29) is 29.6 Å². The Kier molecular flexibility index (Phi) is 6.49. The molecule has 0 radical (unpaired) electrons. The van der Waals surface area contributed by atoms with Gasteiger partial charge in [-0.05, 0) is 17.2 Å². The first-order valence-electron chi connectivity index (χ1n) is 8.79. The van der Waals surface area contributed by atoms with Crippen molar-refractivity contribution in [2.75, 3.05) is 5.75 Å². The van der Waals surface area contributed by atoms with Gasteiger partial charge in [0, 0.05) is 23.5 Å². The first-order valence-corrected chi connectivity index (χ1v) is 9.78. The maximum atomic E-state index is 12.6. The van der Waals surface area contributed by atoms with Crippen LogP contribution in [-0.2, 0) is 27.2 Å². The van der Waals surface area contributed by atoms with Gasteiger partial charge in [-0.2, -0.15) is 0 Å². The number of rotatable bonds is 8. The molecule has 3 aromatic rings. The van der Waals surface area contributed by atoms with Gasteiger partial charge in [-0.1, -0.05) is 60.3 Å². The van der Waals surface area contributed by atoms with Crippen molar-refractivity contribution in [2.24, 2.45) is 0 Å². The molecule has 0 fully saturated rings. The molecule has 0 aliphatic carbocycles. The molecule has 0 bridgehead atoms. The number of aliphatic carboxylic acids is 1. The minimum atomic E-state index is -1.07. The van der Waals surface area contributed by atoms with Gasteiger partial charge >= 0.3 is 5.97 Å². The van der Waals surface area contributed by atoms with Crippen LogP contribution in [0.4, 0.5) is 0 Å². The lowest BCUT2D eigenvalue weighted by Gasteiger charge is -2.17. The molecule has 0 saturated heterocycles. The lowest BCUT2D eigenvalue weighted by Crippen LogP contribution is -2.42. The van der Waals surface area contributed by atoms with Crippen molar-refractivity contribution >= 4 is 39.7 Å². The van der Waals surface area contributed by atoms with Gasteiger partial charge in [0.15, 0.2) is 0 Å². The zero-order valence-corrected chi connectivity index (χ0v) is 15.9. The first-order chi connectivity index (χ1) is 13.5. The van der Waals surface area contributed by atoms with Gasteiger partial charge in [-0.3, -0.25) is 14.4 Å². The van der Waals surface area contributed by atoms with Crippen molar-refractivity contribution in [3.8, 4) is 0 Å². The van der Waals surface area contributed by atoms with Gasteiger partial charge < -0.3 is 15.4 Å². The normalized spacial score (nSPS) is 11.9. The molecule has 1 atom stereocenters. The number of carboxylic acid groups (broad SMARTS) is 1. The molecule has 1 heterocycles. The molecule has 144 valence electrons. The van der Waals surface area contributed by atoms with E-state index in [4.69, 9.17) is 5.11 Å². The number of aromatic nitrogens is 1. The molecule has 6 nitrogen and oxygen atoms in total. The number of thioether (sulfide) groups is 1. The third-order valence-electron chi connectivity index (χ3n) is 4.26. The predicted octanol–water partition coefficient (Wildman–Crippen LogP) is 2.78. The number of para-hydroxylation sites is 1. The zero-order valence-electron chi connectivity index (χ0n) is 15.1. The van der Waals surface area contributed by atoms with Crippen molar-refractivity contribution in [1.29, 1.82) is 0 Å². The van der Waals surface area contributed by atoms with Crippen LogP contribution in [0, 0.1) is 0 Å². The molecule has 28 heavy (non-hydrogen) atoms. The highest BCUT2D eigenvalue weighted by atomic mass is 32.2. The monoisotopic (exact) mass is 396 g/mol. The predicted molar refractivity (Wildman–Crippen MR) is 109 cm³/mol. The van der Waals surface area contributed by atoms with Crippen molar-refractivity contribution in [3.05, 3.63) is 71.9 Å². The molecule has 0 saturated carbocycles. The fourth-order valence-corrected chi connectivity index (χ4v) is 3.58.